The fourth-order valence-corrected chi connectivity index (χ4v) is 3.71. The zero-order chi connectivity index (χ0) is 9.10. The van der Waals surface area contributed by atoms with Crippen molar-refractivity contribution in [2.75, 3.05) is 13.1 Å². The van der Waals surface area contributed by atoms with Gasteiger partial charge in [0.1, 0.15) is 4.34 Å². The molecule has 1 saturated heterocycles. The Kier molecular flexibility index (Phi) is 3.24. The highest BCUT2D eigenvalue weighted by atomic mass is 32.2. The van der Waals surface area contributed by atoms with Crippen molar-refractivity contribution in [2.24, 2.45) is 0 Å². The van der Waals surface area contributed by atoms with E-state index in [0.29, 0.717) is 0 Å². The number of aryl methyl sites for hydroxylation is 1. The third-order valence-corrected chi connectivity index (χ3v) is 4.47. The molecule has 1 aromatic heterocycles. The first-order valence-electron chi connectivity index (χ1n) is 4.64. The van der Waals surface area contributed by atoms with Crippen LogP contribution in [0.5, 0.6) is 0 Å². The molecule has 0 bridgehead atoms. The van der Waals surface area contributed by atoms with Gasteiger partial charge in [-0.1, -0.05) is 11.8 Å². The van der Waals surface area contributed by atoms with Crippen LogP contribution < -0.4 is 5.32 Å². The predicted molar refractivity (Wildman–Crippen MR) is 58.6 cm³/mol. The third-order valence-electron chi connectivity index (χ3n) is 2.12. The molecule has 0 radical (unpaired) electrons. The average Bonchev–Trinajstić information content (AvgIpc) is 2.53. The Bertz CT molecular complexity index is 266. The fourth-order valence-electron chi connectivity index (χ4n) is 1.45. The van der Waals surface area contributed by atoms with Crippen molar-refractivity contribution in [3.8, 4) is 0 Å². The Morgan fingerprint density at radius 1 is 1.69 bits per heavy atom. The van der Waals surface area contributed by atoms with Crippen LogP contribution in [0.15, 0.2) is 9.72 Å². The largest absolute Gasteiger partial charge is 0.316 e. The van der Waals surface area contributed by atoms with Crippen LogP contribution in [0.2, 0.25) is 0 Å². The summed E-state index contributed by atoms with van der Waals surface area (Å²) in [6.07, 6.45) is 2.64. The lowest BCUT2D eigenvalue weighted by atomic mass is 10.2. The van der Waals surface area contributed by atoms with Crippen LogP contribution in [-0.4, -0.2) is 23.3 Å². The van der Waals surface area contributed by atoms with Gasteiger partial charge >= 0.3 is 0 Å². The van der Waals surface area contributed by atoms with Crippen molar-refractivity contribution in [1.29, 1.82) is 0 Å². The number of nitrogens with one attached hydrogen (secondary N) is 1. The minimum absolute atomic E-state index is 0.735. The van der Waals surface area contributed by atoms with Crippen molar-refractivity contribution in [1.82, 2.24) is 10.3 Å². The fraction of sp³-hybridized carbons (Fsp3) is 0.667. The van der Waals surface area contributed by atoms with E-state index in [1.165, 1.54) is 23.7 Å². The molecule has 1 aliphatic rings. The molecule has 1 N–H and O–H groups in total. The van der Waals surface area contributed by atoms with Gasteiger partial charge in [0.2, 0.25) is 0 Å². The molecule has 1 aromatic rings. The van der Waals surface area contributed by atoms with Gasteiger partial charge < -0.3 is 5.32 Å². The van der Waals surface area contributed by atoms with Gasteiger partial charge in [0, 0.05) is 22.9 Å². The molecule has 0 amide bonds. The molecule has 0 saturated carbocycles. The topological polar surface area (TPSA) is 24.9 Å². The Morgan fingerprint density at radius 3 is 3.23 bits per heavy atom. The molecule has 2 nitrogen and oxygen atoms in total. The maximum absolute atomic E-state index is 4.46. The first-order chi connectivity index (χ1) is 6.34. The van der Waals surface area contributed by atoms with Gasteiger partial charge in [-0.3, -0.25) is 0 Å². The standard InChI is InChI=1S/C9H14N2S2/c1-7-6-12-9(11-7)13-8-3-2-4-10-5-8/h6,8,10H,2-5H2,1H3/t8-/m0/s1. The molecule has 0 aliphatic carbocycles. The highest BCUT2D eigenvalue weighted by Gasteiger charge is 2.15. The van der Waals surface area contributed by atoms with Gasteiger partial charge in [-0.25, -0.2) is 4.98 Å². The smallest absolute Gasteiger partial charge is 0.150 e. The second-order valence-electron chi connectivity index (χ2n) is 3.34. The maximum atomic E-state index is 4.46. The van der Waals surface area contributed by atoms with Gasteiger partial charge in [-0.05, 0) is 26.3 Å². The van der Waals surface area contributed by atoms with Crippen LogP contribution in [0.25, 0.3) is 0 Å². The van der Waals surface area contributed by atoms with Crippen molar-refractivity contribution in [3.63, 3.8) is 0 Å². The molecular weight excluding hydrogens is 200 g/mol. The van der Waals surface area contributed by atoms with E-state index in [1.807, 2.05) is 11.8 Å². The predicted octanol–water partition coefficient (Wildman–Crippen LogP) is 2.30. The van der Waals surface area contributed by atoms with Crippen LogP contribution in [-0.2, 0) is 0 Å². The highest BCUT2D eigenvalue weighted by molar-refractivity contribution is 8.01. The minimum atomic E-state index is 0.735. The van der Waals surface area contributed by atoms with Gasteiger partial charge in [0.25, 0.3) is 0 Å². The summed E-state index contributed by atoms with van der Waals surface area (Å²) in [6, 6.07) is 0. The number of rotatable bonds is 2. The zero-order valence-electron chi connectivity index (χ0n) is 7.75. The summed E-state index contributed by atoms with van der Waals surface area (Å²) < 4.78 is 1.23. The number of thiazole rings is 1. The van der Waals surface area contributed by atoms with E-state index in [0.717, 1.165) is 17.5 Å². The van der Waals surface area contributed by atoms with E-state index < -0.39 is 0 Å². The highest BCUT2D eigenvalue weighted by Crippen LogP contribution is 2.29. The number of hydrogen-bond donors (Lipinski definition) is 1. The van der Waals surface area contributed by atoms with Crippen LogP contribution in [0, 0.1) is 6.92 Å². The average molecular weight is 214 g/mol. The van der Waals surface area contributed by atoms with Gasteiger partial charge in [0.15, 0.2) is 0 Å². The molecule has 13 heavy (non-hydrogen) atoms. The third kappa shape index (κ3) is 2.69. The summed E-state index contributed by atoms with van der Waals surface area (Å²) in [7, 11) is 0. The summed E-state index contributed by atoms with van der Waals surface area (Å²) in [5.74, 6) is 0. The molecule has 1 fully saturated rings. The van der Waals surface area contributed by atoms with E-state index in [2.05, 4.69) is 22.6 Å². The number of piperidine rings is 1. The molecule has 1 atom stereocenters. The van der Waals surface area contributed by atoms with Crippen molar-refractivity contribution >= 4 is 23.1 Å². The van der Waals surface area contributed by atoms with Crippen LogP contribution in [0.1, 0.15) is 18.5 Å². The van der Waals surface area contributed by atoms with Crippen molar-refractivity contribution in [3.05, 3.63) is 11.1 Å². The Balaban J connectivity index is 1.89. The second-order valence-corrected chi connectivity index (χ2v) is 5.75. The summed E-state index contributed by atoms with van der Waals surface area (Å²) in [5.41, 5.74) is 1.15. The molecule has 2 heterocycles. The quantitative estimate of drug-likeness (QED) is 0.817. The molecule has 1 aliphatic heterocycles. The zero-order valence-corrected chi connectivity index (χ0v) is 9.38. The first-order valence-corrected chi connectivity index (χ1v) is 6.40. The Labute approximate surface area is 87.1 Å². The number of aromatic nitrogens is 1. The SMILES string of the molecule is Cc1csc(S[C@H]2CCCNC2)n1. The first kappa shape index (κ1) is 9.49. The maximum Gasteiger partial charge on any atom is 0.150 e. The minimum Gasteiger partial charge on any atom is -0.316 e. The van der Waals surface area contributed by atoms with E-state index in [-0.39, 0.29) is 0 Å². The Hall–Kier alpha value is -0.0600. The van der Waals surface area contributed by atoms with Gasteiger partial charge in [-0.15, -0.1) is 11.3 Å². The van der Waals surface area contributed by atoms with Crippen LogP contribution in [0.3, 0.4) is 0 Å². The summed E-state index contributed by atoms with van der Waals surface area (Å²) >= 11 is 3.70. The normalized spacial score (nSPS) is 23.3. The molecule has 2 rings (SSSR count). The Morgan fingerprint density at radius 2 is 2.62 bits per heavy atom. The molecule has 0 spiro atoms. The molecular formula is C9H14N2S2. The molecule has 0 unspecified atom stereocenters. The van der Waals surface area contributed by atoms with E-state index in [1.54, 1.807) is 11.3 Å². The van der Waals surface area contributed by atoms with Gasteiger partial charge in [-0.2, -0.15) is 0 Å². The van der Waals surface area contributed by atoms with E-state index >= 15 is 0 Å². The lowest BCUT2D eigenvalue weighted by molar-refractivity contribution is 0.531. The monoisotopic (exact) mass is 214 g/mol. The van der Waals surface area contributed by atoms with Crippen molar-refractivity contribution in [2.45, 2.75) is 29.4 Å². The van der Waals surface area contributed by atoms with Crippen LogP contribution >= 0.6 is 23.1 Å². The lowest BCUT2D eigenvalue weighted by Crippen LogP contribution is -2.31. The lowest BCUT2D eigenvalue weighted by Gasteiger charge is -2.20. The van der Waals surface area contributed by atoms with Gasteiger partial charge in [0.05, 0.1) is 0 Å². The molecule has 0 aromatic carbocycles. The van der Waals surface area contributed by atoms with E-state index in [9.17, 15) is 0 Å². The summed E-state index contributed by atoms with van der Waals surface area (Å²) in [4.78, 5) is 4.46. The molecule has 4 heteroatoms. The number of nitrogens with zero attached hydrogens (tertiary/aromatic N) is 1. The van der Waals surface area contributed by atoms with E-state index in [4.69, 9.17) is 0 Å². The number of hydrogen-bond acceptors (Lipinski definition) is 4. The molecule has 72 valence electrons. The summed E-state index contributed by atoms with van der Waals surface area (Å²) in [5, 5.41) is 6.28. The van der Waals surface area contributed by atoms with Crippen LogP contribution in [0.4, 0.5) is 0 Å². The summed E-state index contributed by atoms with van der Waals surface area (Å²) in [6.45, 7) is 4.39. The second kappa shape index (κ2) is 4.44. The van der Waals surface area contributed by atoms with Crippen molar-refractivity contribution < 1.29 is 0 Å². The number of thioether (sulfide) groups is 1.